The molecule has 0 radical (unpaired) electrons. The molecule has 1 amide bonds. The number of carbonyl (C=O) groups is 1. The summed E-state index contributed by atoms with van der Waals surface area (Å²) in [5.74, 6) is 0.561. The summed E-state index contributed by atoms with van der Waals surface area (Å²) in [4.78, 5) is 12.6. The summed E-state index contributed by atoms with van der Waals surface area (Å²) in [6.45, 7) is 5.52. The number of amides is 1. The van der Waals surface area contributed by atoms with Gasteiger partial charge in [0.1, 0.15) is 6.54 Å². The lowest BCUT2D eigenvalue weighted by molar-refractivity contribution is -0.120. The van der Waals surface area contributed by atoms with Gasteiger partial charge in [0.05, 0.1) is 24.8 Å². The number of para-hydroxylation sites is 1. The second-order valence-electron chi connectivity index (χ2n) is 6.96. The molecule has 29 heavy (non-hydrogen) atoms. The Kier molecular flexibility index (Phi) is 7.50. The predicted molar refractivity (Wildman–Crippen MR) is 113 cm³/mol. The van der Waals surface area contributed by atoms with Crippen LogP contribution in [0.15, 0.2) is 53.4 Å². The summed E-state index contributed by atoms with van der Waals surface area (Å²) < 4.78 is 38.3. The highest BCUT2D eigenvalue weighted by Crippen LogP contribution is 2.32. The molecule has 0 fully saturated rings. The molecule has 0 saturated heterocycles. The van der Waals surface area contributed by atoms with Crippen molar-refractivity contribution in [2.75, 3.05) is 25.1 Å². The van der Waals surface area contributed by atoms with Gasteiger partial charge in [0, 0.05) is 12.1 Å². The topological polar surface area (TPSA) is 84.9 Å². The van der Waals surface area contributed by atoms with Crippen LogP contribution in [0.4, 0.5) is 5.69 Å². The average molecular weight is 421 g/mol. The van der Waals surface area contributed by atoms with Gasteiger partial charge in [-0.25, -0.2) is 8.42 Å². The molecule has 7 nitrogen and oxygen atoms in total. The quantitative estimate of drug-likeness (QED) is 0.674. The van der Waals surface area contributed by atoms with E-state index in [9.17, 15) is 13.2 Å². The molecule has 0 aliphatic heterocycles. The monoisotopic (exact) mass is 420 g/mol. The van der Waals surface area contributed by atoms with Gasteiger partial charge < -0.3 is 14.8 Å². The molecule has 2 aromatic rings. The summed E-state index contributed by atoms with van der Waals surface area (Å²) in [7, 11) is -1.12. The van der Waals surface area contributed by atoms with E-state index in [1.54, 1.807) is 30.3 Å². The average Bonchev–Trinajstić information content (AvgIpc) is 2.71. The Morgan fingerprint density at radius 3 is 2.17 bits per heavy atom. The molecule has 1 atom stereocenters. The van der Waals surface area contributed by atoms with Crippen LogP contribution in [-0.4, -0.2) is 41.1 Å². The summed E-state index contributed by atoms with van der Waals surface area (Å²) in [6.07, 6.45) is 0. The summed E-state index contributed by atoms with van der Waals surface area (Å²) >= 11 is 0. The van der Waals surface area contributed by atoms with Gasteiger partial charge in [-0.2, -0.15) is 0 Å². The summed E-state index contributed by atoms with van der Waals surface area (Å²) in [5, 5.41) is 2.85. The van der Waals surface area contributed by atoms with Crippen molar-refractivity contribution >= 4 is 21.6 Å². The minimum Gasteiger partial charge on any atom is -0.493 e. The fourth-order valence-electron chi connectivity index (χ4n) is 2.61. The lowest BCUT2D eigenvalue weighted by Gasteiger charge is -2.26. The number of hydrogen-bond acceptors (Lipinski definition) is 5. The van der Waals surface area contributed by atoms with Crippen molar-refractivity contribution in [3.8, 4) is 11.5 Å². The van der Waals surface area contributed by atoms with Crippen molar-refractivity contribution in [2.24, 2.45) is 5.92 Å². The number of anilines is 1. The molecule has 0 heterocycles. The van der Waals surface area contributed by atoms with Gasteiger partial charge in [-0.3, -0.25) is 9.10 Å². The molecule has 0 bridgehead atoms. The van der Waals surface area contributed by atoms with E-state index in [2.05, 4.69) is 5.32 Å². The van der Waals surface area contributed by atoms with Crippen LogP contribution in [0.2, 0.25) is 0 Å². The van der Waals surface area contributed by atoms with Crippen LogP contribution in [0.1, 0.15) is 20.8 Å². The first kappa shape index (κ1) is 22.5. The normalized spacial score (nSPS) is 12.3. The van der Waals surface area contributed by atoms with Crippen LogP contribution >= 0.6 is 0 Å². The molecule has 0 aliphatic rings. The Bertz CT molecular complexity index is 929. The SMILES string of the molecule is COc1ccc(S(=O)(=O)N(CC(=O)N[C@@H](C)C(C)C)c2ccccc2)cc1OC. The van der Waals surface area contributed by atoms with Crippen molar-refractivity contribution < 1.29 is 22.7 Å². The smallest absolute Gasteiger partial charge is 0.264 e. The largest absolute Gasteiger partial charge is 0.493 e. The molecule has 2 rings (SSSR count). The number of nitrogens with zero attached hydrogens (tertiary/aromatic N) is 1. The molecule has 158 valence electrons. The van der Waals surface area contributed by atoms with Gasteiger partial charge in [0.25, 0.3) is 10.0 Å². The van der Waals surface area contributed by atoms with Crippen LogP contribution in [-0.2, 0) is 14.8 Å². The third kappa shape index (κ3) is 5.41. The van der Waals surface area contributed by atoms with Gasteiger partial charge in [-0.1, -0.05) is 32.0 Å². The van der Waals surface area contributed by atoms with E-state index < -0.39 is 10.0 Å². The fourth-order valence-corrected chi connectivity index (χ4v) is 4.05. The molecular formula is C21H28N2O5S. The van der Waals surface area contributed by atoms with Crippen molar-refractivity contribution in [2.45, 2.75) is 31.7 Å². The maximum atomic E-state index is 13.4. The number of nitrogens with one attached hydrogen (secondary N) is 1. The molecule has 0 unspecified atom stereocenters. The van der Waals surface area contributed by atoms with Crippen LogP contribution < -0.4 is 19.1 Å². The number of rotatable bonds is 9. The van der Waals surface area contributed by atoms with Crippen LogP contribution in [0.3, 0.4) is 0 Å². The van der Waals surface area contributed by atoms with E-state index >= 15 is 0 Å². The zero-order chi connectivity index (χ0) is 21.6. The number of ether oxygens (including phenoxy) is 2. The minimum absolute atomic E-state index is 0.00344. The van der Waals surface area contributed by atoms with Crippen LogP contribution in [0.25, 0.3) is 0 Å². The maximum Gasteiger partial charge on any atom is 0.264 e. The Morgan fingerprint density at radius 2 is 1.62 bits per heavy atom. The van der Waals surface area contributed by atoms with E-state index in [0.29, 0.717) is 17.2 Å². The highest BCUT2D eigenvalue weighted by molar-refractivity contribution is 7.92. The third-order valence-corrected chi connectivity index (χ3v) is 6.43. The standard InChI is InChI=1S/C21H28N2O5S/c1-15(2)16(3)22-21(24)14-23(17-9-7-6-8-10-17)29(25,26)18-11-12-19(27-4)20(13-18)28-5/h6-13,15-16H,14H2,1-5H3,(H,22,24)/t16-/m0/s1. The molecule has 2 aromatic carbocycles. The molecule has 0 spiro atoms. The lowest BCUT2D eigenvalue weighted by atomic mass is 10.1. The maximum absolute atomic E-state index is 13.4. The van der Waals surface area contributed by atoms with Crippen molar-refractivity contribution in [3.05, 3.63) is 48.5 Å². The Hall–Kier alpha value is -2.74. The van der Waals surface area contributed by atoms with E-state index in [0.717, 1.165) is 4.31 Å². The Balaban J connectivity index is 2.44. The number of hydrogen-bond donors (Lipinski definition) is 1. The van der Waals surface area contributed by atoms with E-state index in [4.69, 9.17) is 9.47 Å². The van der Waals surface area contributed by atoms with Gasteiger partial charge in [0.2, 0.25) is 5.91 Å². The summed E-state index contributed by atoms with van der Waals surface area (Å²) in [5.41, 5.74) is 0.398. The zero-order valence-corrected chi connectivity index (χ0v) is 18.2. The third-order valence-electron chi connectivity index (χ3n) is 4.66. The number of sulfonamides is 1. The molecule has 0 aromatic heterocycles. The van der Waals surface area contributed by atoms with Gasteiger partial charge in [0.15, 0.2) is 11.5 Å². The number of carbonyl (C=O) groups excluding carboxylic acids is 1. The van der Waals surface area contributed by atoms with Crippen LogP contribution in [0.5, 0.6) is 11.5 Å². The predicted octanol–water partition coefficient (Wildman–Crippen LogP) is 3.06. The van der Waals surface area contributed by atoms with Crippen molar-refractivity contribution in [3.63, 3.8) is 0 Å². The second-order valence-corrected chi connectivity index (χ2v) is 8.83. The van der Waals surface area contributed by atoms with Crippen molar-refractivity contribution in [1.29, 1.82) is 0 Å². The summed E-state index contributed by atoms with van der Waals surface area (Å²) in [6, 6.07) is 12.8. The molecule has 0 saturated carbocycles. The van der Waals surface area contributed by atoms with E-state index in [1.807, 2.05) is 20.8 Å². The first-order valence-electron chi connectivity index (χ1n) is 9.30. The lowest BCUT2D eigenvalue weighted by Crippen LogP contribution is -2.45. The number of benzene rings is 2. The first-order chi connectivity index (χ1) is 13.7. The number of methoxy groups -OCH3 is 2. The molecular weight excluding hydrogens is 392 g/mol. The molecule has 1 N–H and O–H groups in total. The van der Waals surface area contributed by atoms with Gasteiger partial charge >= 0.3 is 0 Å². The second kappa shape index (κ2) is 9.65. The van der Waals surface area contributed by atoms with Gasteiger partial charge in [-0.15, -0.1) is 0 Å². The Labute approximate surface area is 172 Å². The van der Waals surface area contributed by atoms with Crippen molar-refractivity contribution in [1.82, 2.24) is 5.32 Å². The zero-order valence-electron chi connectivity index (χ0n) is 17.4. The first-order valence-corrected chi connectivity index (χ1v) is 10.7. The van der Waals surface area contributed by atoms with Crippen LogP contribution in [0, 0.1) is 5.92 Å². The fraction of sp³-hybridized carbons (Fsp3) is 0.381. The molecule has 0 aliphatic carbocycles. The van der Waals surface area contributed by atoms with E-state index in [-0.39, 0.29) is 29.3 Å². The minimum atomic E-state index is -4.03. The highest BCUT2D eigenvalue weighted by atomic mass is 32.2. The van der Waals surface area contributed by atoms with Gasteiger partial charge in [-0.05, 0) is 37.1 Å². The Morgan fingerprint density at radius 1 is 1.00 bits per heavy atom. The molecule has 8 heteroatoms. The highest BCUT2D eigenvalue weighted by Gasteiger charge is 2.28. The van der Waals surface area contributed by atoms with E-state index in [1.165, 1.54) is 32.4 Å².